The van der Waals surface area contributed by atoms with Gasteiger partial charge in [0, 0.05) is 5.02 Å². The minimum absolute atomic E-state index is 0.210. The lowest BCUT2D eigenvalue weighted by atomic mass is 10.2. The van der Waals surface area contributed by atoms with E-state index in [2.05, 4.69) is 0 Å². The maximum Gasteiger partial charge on any atom is 0.165 e. The Morgan fingerprint density at radius 1 is 1.12 bits per heavy atom. The second kappa shape index (κ2) is 4.54. The predicted molar refractivity (Wildman–Crippen MR) is 62.7 cm³/mol. The largest absolute Gasteiger partial charge is 0.454 e. The minimum Gasteiger partial charge on any atom is -0.454 e. The van der Waals surface area contributed by atoms with Crippen molar-refractivity contribution in [3.8, 4) is 11.5 Å². The molecule has 2 rings (SSSR count). The zero-order chi connectivity index (χ0) is 11.5. The predicted octanol–water partition coefficient (Wildman–Crippen LogP) is 4.58. The summed E-state index contributed by atoms with van der Waals surface area (Å²) in [7, 11) is 0. The lowest BCUT2D eigenvalue weighted by Crippen LogP contribution is -1.88. The summed E-state index contributed by atoms with van der Waals surface area (Å²) in [5, 5.41) is 0.561. The van der Waals surface area contributed by atoms with Gasteiger partial charge in [-0.1, -0.05) is 23.7 Å². The van der Waals surface area contributed by atoms with Crippen LogP contribution in [0.1, 0.15) is 5.56 Å². The highest BCUT2D eigenvalue weighted by atomic mass is 35.5. The van der Waals surface area contributed by atoms with Gasteiger partial charge >= 0.3 is 0 Å². The molecular weight excluding hydrogens is 227 g/mol. The average molecular weight is 237 g/mol. The lowest BCUT2D eigenvalue weighted by Gasteiger charge is -2.07. The van der Waals surface area contributed by atoms with Crippen LogP contribution in [0.3, 0.4) is 0 Å². The van der Waals surface area contributed by atoms with E-state index < -0.39 is 0 Å². The van der Waals surface area contributed by atoms with Crippen LogP contribution < -0.4 is 4.74 Å². The van der Waals surface area contributed by atoms with Crippen LogP contribution in [0.5, 0.6) is 11.5 Å². The molecule has 0 aliphatic rings. The van der Waals surface area contributed by atoms with Gasteiger partial charge in [-0.2, -0.15) is 0 Å². The van der Waals surface area contributed by atoms with Gasteiger partial charge in [-0.3, -0.25) is 0 Å². The van der Waals surface area contributed by atoms with Crippen molar-refractivity contribution in [1.82, 2.24) is 0 Å². The van der Waals surface area contributed by atoms with Crippen LogP contribution in [0.2, 0.25) is 5.02 Å². The van der Waals surface area contributed by atoms with Crippen LogP contribution in [-0.4, -0.2) is 0 Å². The molecule has 0 saturated carbocycles. The number of rotatable bonds is 2. The molecule has 0 bridgehead atoms. The molecule has 0 aliphatic heterocycles. The Balaban J connectivity index is 2.30. The molecule has 16 heavy (non-hydrogen) atoms. The van der Waals surface area contributed by atoms with E-state index in [0.717, 1.165) is 5.56 Å². The molecule has 0 N–H and O–H groups in total. The van der Waals surface area contributed by atoms with Gasteiger partial charge in [0.2, 0.25) is 0 Å². The van der Waals surface area contributed by atoms with Crippen molar-refractivity contribution in [3.05, 3.63) is 58.9 Å². The lowest BCUT2D eigenvalue weighted by molar-refractivity contribution is 0.442. The average Bonchev–Trinajstić information content (AvgIpc) is 2.24. The first-order valence-electron chi connectivity index (χ1n) is 4.85. The summed E-state index contributed by atoms with van der Waals surface area (Å²) in [4.78, 5) is 0. The van der Waals surface area contributed by atoms with Crippen molar-refractivity contribution < 1.29 is 9.13 Å². The summed E-state index contributed by atoms with van der Waals surface area (Å²) in [6, 6.07) is 11.6. The van der Waals surface area contributed by atoms with E-state index in [0.29, 0.717) is 10.8 Å². The van der Waals surface area contributed by atoms with E-state index in [9.17, 15) is 4.39 Å². The third kappa shape index (κ3) is 2.52. The Kier molecular flexibility index (Phi) is 3.11. The van der Waals surface area contributed by atoms with Gasteiger partial charge in [0.1, 0.15) is 5.75 Å². The highest BCUT2D eigenvalue weighted by molar-refractivity contribution is 6.30. The Morgan fingerprint density at radius 2 is 1.94 bits per heavy atom. The SMILES string of the molecule is Cc1ccc(F)c(Oc2cccc(Cl)c2)c1. The van der Waals surface area contributed by atoms with E-state index in [-0.39, 0.29) is 11.6 Å². The van der Waals surface area contributed by atoms with Gasteiger partial charge in [-0.05, 0) is 42.8 Å². The van der Waals surface area contributed by atoms with Crippen molar-refractivity contribution in [1.29, 1.82) is 0 Å². The van der Waals surface area contributed by atoms with E-state index in [1.165, 1.54) is 6.07 Å². The zero-order valence-corrected chi connectivity index (χ0v) is 9.46. The monoisotopic (exact) mass is 236 g/mol. The second-order valence-corrected chi connectivity index (χ2v) is 3.93. The number of hydrogen-bond acceptors (Lipinski definition) is 1. The summed E-state index contributed by atoms with van der Waals surface area (Å²) < 4.78 is 18.8. The standard InChI is InChI=1S/C13H10ClFO/c1-9-5-6-12(15)13(7-9)16-11-4-2-3-10(14)8-11/h2-8H,1H3. The first-order valence-corrected chi connectivity index (χ1v) is 5.22. The van der Waals surface area contributed by atoms with Gasteiger partial charge in [-0.25, -0.2) is 4.39 Å². The molecule has 0 saturated heterocycles. The van der Waals surface area contributed by atoms with Gasteiger partial charge in [0.05, 0.1) is 0 Å². The summed E-state index contributed by atoms with van der Waals surface area (Å²) in [6.45, 7) is 1.88. The second-order valence-electron chi connectivity index (χ2n) is 3.49. The van der Waals surface area contributed by atoms with Crippen LogP contribution >= 0.6 is 11.6 Å². The molecule has 2 aromatic carbocycles. The van der Waals surface area contributed by atoms with E-state index in [4.69, 9.17) is 16.3 Å². The number of halogens is 2. The van der Waals surface area contributed by atoms with Crippen molar-refractivity contribution in [2.75, 3.05) is 0 Å². The van der Waals surface area contributed by atoms with E-state index >= 15 is 0 Å². The molecule has 1 nitrogen and oxygen atoms in total. The maximum atomic E-state index is 13.4. The fraction of sp³-hybridized carbons (Fsp3) is 0.0769. The number of aryl methyl sites for hydroxylation is 1. The molecule has 0 atom stereocenters. The molecule has 3 heteroatoms. The quantitative estimate of drug-likeness (QED) is 0.742. The van der Waals surface area contributed by atoms with Crippen LogP contribution in [0.15, 0.2) is 42.5 Å². The summed E-state index contributed by atoms with van der Waals surface area (Å²) in [6.07, 6.45) is 0. The molecule has 2 aromatic rings. The number of ether oxygens (including phenoxy) is 1. The Hall–Kier alpha value is -1.54. The van der Waals surface area contributed by atoms with Crippen molar-refractivity contribution >= 4 is 11.6 Å². The smallest absolute Gasteiger partial charge is 0.165 e. The highest BCUT2D eigenvalue weighted by Gasteiger charge is 2.04. The van der Waals surface area contributed by atoms with Crippen molar-refractivity contribution in [2.45, 2.75) is 6.92 Å². The molecule has 0 aromatic heterocycles. The van der Waals surface area contributed by atoms with Gasteiger partial charge in [0.25, 0.3) is 0 Å². The molecule has 0 heterocycles. The van der Waals surface area contributed by atoms with Crippen LogP contribution in [0.4, 0.5) is 4.39 Å². The Morgan fingerprint density at radius 3 is 2.69 bits per heavy atom. The summed E-state index contributed by atoms with van der Waals surface area (Å²) >= 11 is 5.81. The highest BCUT2D eigenvalue weighted by Crippen LogP contribution is 2.26. The first kappa shape index (κ1) is 11.0. The van der Waals surface area contributed by atoms with Gasteiger partial charge < -0.3 is 4.74 Å². The fourth-order valence-corrected chi connectivity index (χ4v) is 1.53. The topological polar surface area (TPSA) is 9.23 Å². The first-order chi connectivity index (χ1) is 7.65. The molecule has 0 amide bonds. The Bertz CT molecular complexity index is 511. The van der Waals surface area contributed by atoms with Crippen molar-refractivity contribution in [3.63, 3.8) is 0 Å². The molecule has 82 valence electrons. The molecule has 0 spiro atoms. The van der Waals surface area contributed by atoms with Crippen LogP contribution in [0.25, 0.3) is 0 Å². The molecule has 0 unspecified atom stereocenters. The van der Waals surface area contributed by atoms with E-state index in [1.54, 1.807) is 36.4 Å². The molecule has 0 radical (unpaired) electrons. The summed E-state index contributed by atoms with van der Waals surface area (Å²) in [5.41, 5.74) is 0.943. The fourth-order valence-electron chi connectivity index (χ4n) is 1.35. The molecular formula is C13H10ClFO. The minimum atomic E-state index is -0.384. The molecule has 0 fully saturated rings. The third-order valence-corrected chi connectivity index (χ3v) is 2.35. The van der Waals surface area contributed by atoms with Gasteiger partial charge in [0.15, 0.2) is 11.6 Å². The zero-order valence-electron chi connectivity index (χ0n) is 8.71. The summed E-state index contributed by atoms with van der Waals surface area (Å²) in [5.74, 6) is 0.352. The number of hydrogen-bond donors (Lipinski definition) is 0. The molecule has 0 aliphatic carbocycles. The third-order valence-electron chi connectivity index (χ3n) is 2.11. The normalized spacial score (nSPS) is 10.2. The van der Waals surface area contributed by atoms with Crippen LogP contribution in [0, 0.1) is 12.7 Å². The van der Waals surface area contributed by atoms with E-state index in [1.807, 2.05) is 6.92 Å². The van der Waals surface area contributed by atoms with Crippen molar-refractivity contribution in [2.24, 2.45) is 0 Å². The Labute approximate surface area is 98.4 Å². The van der Waals surface area contributed by atoms with Gasteiger partial charge in [-0.15, -0.1) is 0 Å². The van der Waals surface area contributed by atoms with Crippen LogP contribution in [-0.2, 0) is 0 Å². The number of benzene rings is 2. The maximum absolute atomic E-state index is 13.4.